The molecule has 4 N–H and O–H groups in total. The maximum Gasteiger partial charge on any atom is 0.315 e. The summed E-state index contributed by atoms with van der Waals surface area (Å²) in [7, 11) is 3.56. The van der Waals surface area contributed by atoms with E-state index in [0.717, 1.165) is 37.0 Å². The summed E-state index contributed by atoms with van der Waals surface area (Å²) in [5, 5.41) is 6.03. The van der Waals surface area contributed by atoms with Gasteiger partial charge in [-0.2, -0.15) is 15.0 Å². The molecule has 2 amide bonds. The van der Waals surface area contributed by atoms with Crippen LogP contribution in [0.4, 0.5) is 16.7 Å². The molecule has 4 saturated carbocycles. The van der Waals surface area contributed by atoms with Gasteiger partial charge in [0.1, 0.15) is 0 Å². The molecule has 4 fully saturated rings. The molecule has 4 aliphatic rings. The maximum absolute atomic E-state index is 12.4. The van der Waals surface area contributed by atoms with Gasteiger partial charge < -0.3 is 26.0 Å². The second-order valence-electron chi connectivity index (χ2n) is 9.29. The summed E-state index contributed by atoms with van der Waals surface area (Å²) < 4.78 is 5.20. The molecule has 0 radical (unpaired) electrons. The van der Waals surface area contributed by atoms with Gasteiger partial charge in [-0.1, -0.05) is 0 Å². The number of carbonyl (C=O) groups excluding carboxylic acids is 2. The number of urea groups is 1. The lowest BCUT2D eigenvalue weighted by Gasteiger charge is -2.56. The van der Waals surface area contributed by atoms with Crippen LogP contribution in [0.2, 0.25) is 0 Å². The monoisotopic (exact) mass is 417 g/mol. The van der Waals surface area contributed by atoms with Gasteiger partial charge in [0, 0.05) is 26.2 Å². The molecule has 0 atom stereocenters. The Hall–Kier alpha value is -2.65. The Morgan fingerprint density at radius 3 is 2.33 bits per heavy atom. The molecule has 1 heterocycles. The molecule has 30 heavy (non-hydrogen) atoms. The zero-order chi connectivity index (χ0) is 21.3. The number of aromatic nitrogens is 3. The number of anilines is 2. The van der Waals surface area contributed by atoms with Crippen molar-refractivity contribution in [2.45, 2.75) is 57.1 Å². The highest BCUT2D eigenvalue weighted by Gasteiger charge is 2.51. The molecule has 0 saturated heterocycles. The average molecular weight is 418 g/mol. The standard InChI is InChI=1S/C20H31N7O3/c1-27(2)18-24-15(23-17(21)25-18)11-30-16(28)3-4-22-19(29)26-20-8-12-5-13(9-20)7-14(6-12)10-20/h12-14H,3-11H2,1-2H3,(H2,22,26,29)(H2,21,23,24,25). The van der Waals surface area contributed by atoms with E-state index in [1.165, 1.54) is 19.3 Å². The molecule has 0 unspecified atom stereocenters. The van der Waals surface area contributed by atoms with Gasteiger partial charge in [-0.3, -0.25) is 4.79 Å². The second-order valence-corrected chi connectivity index (χ2v) is 9.29. The van der Waals surface area contributed by atoms with Gasteiger partial charge >= 0.3 is 12.0 Å². The number of hydrogen-bond donors (Lipinski definition) is 3. The third kappa shape index (κ3) is 4.73. The minimum Gasteiger partial charge on any atom is -0.457 e. The predicted molar refractivity (Wildman–Crippen MR) is 110 cm³/mol. The minimum absolute atomic E-state index is 0.0396. The van der Waals surface area contributed by atoms with Gasteiger partial charge in [0.2, 0.25) is 11.9 Å². The van der Waals surface area contributed by atoms with Crippen LogP contribution in [0.1, 0.15) is 50.8 Å². The number of nitrogens with zero attached hydrogens (tertiary/aromatic N) is 4. The summed E-state index contributed by atoms with van der Waals surface area (Å²) in [6, 6.07) is -0.189. The Bertz CT molecular complexity index is 778. The number of esters is 1. The molecule has 5 rings (SSSR count). The fourth-order valence-corrected chi connectivity index (χ4v) is 5.73. The van der Waals surface area contributed by atoms with E-state index >= 15 is 0 Å². The average Bonchev–Trinajstić information content (AvgIpc) is 2.64. The minimum atomic E-state index is -0.435. The van der Waals surface area contributed by atoms with Crippen LogP contribution >= 0.6 is 0 Å². The van der Waals surface area contributed by atoms with Crippen LogP contribution in [-0.4, -0.2) is 53.1 Å². The zero-order valence-corrected chi connectivity index (χ0v) is 17.7. The van der Waals surface area contributed by atoms with Crippen LogP contribution in [0.25, 0.3) is 0 Å². The van der Waals surface area contributed by atoms with Crippen molar-refractivity contribution in [3.05, 3.63) is 5.82 Å². The van der Waals surface area contributed by atoms with Crippen molar-refractivity contribution in [3.8, 4) is 0 Å². The van der Waals surface area contributed by atoms with Crippen molar-refractivity contribution in [3.63, 3.8) is 0 Å². The fraction of sp³-hybridized carbons (Fsp3) is 0.750. The molecule has 0 aliphatic heterocycles. The van der Waals surface area contributed by atoms with Crippen molar-refractivity contribution in [2.24, 2.45) is 17.8 Å². The first-order chi connectivity index (χ1) is 14.3. The highest BCUT2D eigenvalue weighted by atomic mass is 16.5. The number of amides is 2. The van der Waals surface area contributed by atoms with Gasteiger partial charge in [-0.25, -0.2) is 4.79 Å². The lowest BCUT2D eigenvalue weighted by Crippen LogP contribution is -2.61. The van der Waals surface area contributed by atoms with Gasteiger partial charge in [0.25, 0.3) is 0 Å². The summed E-state index contributed by atoms with van der Waals surface area (Å²) in [6.07, 6.45) is 7.36. The van der Waals surface area contributed by atoms with Crippen molar-refractivity contribution in [2.75, 3.05) is 31.3 Å². The number of ether oxygens (including phenoxy) is 1. The maximum atomic E-state index is 12.4. The number of nitrogen functional groups attached to an aromatic ring is 1. The van der Waals surface area contributed by atoms with Crippen LogP contribution in [0.15, 0.2) is 0 Å². The summed E-state index contributed by atoms with van der Waals surface area (Å²) in [6.45, 7) is 0.130. The van der Waals surface area contributed by atoms with E-state index in [1.807, 2.05) is 0 Å². The van der Waals surface area contributed by atoms with E-state index in [-0.39, 0.29) is 42.9 Å². The topological polar surface area (TPSA) is 135 Å². The lowest BCUT2D eigenvalue weighted by atomic mass is 9.53. The molecule has 1 aromatic rings. The number of nitrogens with one attached hydrogen (secondary N) is 2. The Balaban J connectivity index is 1.18. The summed E-state index contributed by atoms with van der Waals surface area (Å²) in [5.41, 5.74) is 5.62. The van der Waals surface area contributed by atoms with Crippen molar-refractivity contribution in [1.29, 1.82) is 0 Å². The fourth-order valence-electron chi connectivity index (χ4n) is 5.73. The van der Waals surface area contributed by atoms with Crippen LogP contribution in [0.3, 0.4) is 0 Å². The molecule has 0 spiro atoms. The number of hydrogen-bond acceptors (Lipinski definition) is 8. The first kappa shape index (κ1) is 20.6. The van der Waals surface area contributed by atoms with E-state index in [9.17, 15) is 9.59 Å². The highest BCUT2D eigenvalue weighted by Crippen LogP contribution is 2.55. The summed E-state index contributed by atoms with van der Waals surface area (Å²) in [4.78, 5) is 38.3. The lowest BCUT2D eigenvalue weighted by molar-refractivity contribution is -0.145. The SMILES string of the molecule is CN(C)c1nc(N)nc(COC(=O)CCNC(=O)NC23CC4CC(CC(C4)C2)C3)n1. The van der Waals surface area contributed by atoms with Gasteiger partial charge in [-0.15, -0.1) is 0 Å². The van der Waals surface area contributed by atoms with Crippen LogP contribution in [0, 0.1) is 17.8 Å². The first-order valence-electron chi connectivity index (χ1n) is 10.7. The Kier molecular flexibility index (Phi) is 5.66. The largest absolute Gasteiger partial charge is 0.457 e. The molecule has 10 nitrogen and oxygen atoms in total. The number of carbonyl (C=O) groups is 2. The third-order valence-corrected chi connectivity index (χ3v) is 6.48. The van der Waals surface area contributed by atoms with Crippen LogP contribution in [-0.2, 0) is 16.1 Å². The molecular weight excluding hydrogens is 386 g/mol. The molecule has 10 heteroatoms. The Morgan fingerprint density at radius 1 is 1.10 bits per heavy atom. The van der Waals surface area contributed by atoms with Crippen LogP contribution in [0.5, 0.6) is 0 Å². The van der Waals surface area contributed by atoms with Gasteiger partial charge in [-0.05, 0) is 56.3 Å². The number of rotatable bonds is 7. The highest BCUT2D eigenvalue weighted by molar-refractivity contribution is 5.76. The second kappa shape index (κ2) is 8.23. The van der Waals surface area contributed by atoms with E-state index in [0.29, 0.717) is 5.95 Å². The predicted octanol–water partition coefficient (Wildman–Crippen LogP) is 1.22. The molecular formula is C20H31N7O3. The van der Waals surface area contributed by atoms with E-state index in [2.05, 4.69) is 25.6 Å². The van der Waals surface area contributed by atoms with Gasteiger partial charge in [0.15, 0.2) is 12.4 Å². The third-order valence-electron chi connectivity index (χ3n) is 6.48. The van der Waals surface area contributed by atoms with Crippen LogP contribution < -0.4 is 21.3 Å². The smallest absolute Gasteiger partial charge is 0.315 e. The zero-order valence-electron chi connectivity index (χ0n) is 17.7. The molecule has 164 valence electrons. The van der Waals surface area contributed by atoms with Crippen molar-refractivity contribution in [1.82, 2.24) is 25.6 Å². The number of nitrogens with two attached hydrogens (primary N) is 1. The molecule has 4 bridgehead atoms. The normalized spacial score (nSPS) is 28.8. The molecule has 1 aromatic heterocycles. The summed E-state index contributed by atoms with van der Waals surface area (Å²) in [5.74, 6) is 2.62. The quantitative estimate of drug-likeness (QED) is 0.564. The van der Waals surface area contributed by atoms with E-state index in [1.54, 1.807) is 19.0 Å². The molecule has 0 aromatic carbocycles. The first-order valence-corrected chi connectivity index (χ1v) is 10.7. The summed E-state index contributed by atoms with van der Waals surface area (Å²) >= 11 is 0. The van der Waals surface area contributed by atoms with Crippen molar-refractivity contribution < 1.29 is 14.3 Å². The van der Waals surface area contributed by atoms with Gasteiger partial charge in [0.05, 0.1) is 6.42 Å². The Labute approximate surface area is 176 Å². The van der Waals surface area contributed by atoms with E-state index < -0.39 is 5.97 Å². The van der Waals surface area contributed by atoms with E-state index in [4.69, 9.17) is 10.5 Å². The molecule has 4 aliphatic carbocycles. The Morgan fingerprint density at radius 2 is 1.73 bits per heavy atom. The van der Waals surface area contributed by atoms with Crippen molar-refractivity contribution >= 4 is 23.9 Å².